The lowest BCUT2D eigenvalue weighted by Crippen LogP contribution is -2.52. The van der Waals surface area contributed by atoms with E-state index in [1.54, 1.807) is 4.90 Å². The van der Waals surface area contributed by atoms with E-state index in [0.717, 1.165) is 44.1 Å². The van der Waals surface area contributed by atoms with E-state index in [0.29, 0.717) is 13.0 Å². The highest BCUT2D eigenvalue weighted by Crippen LogP contribution is 2.30. The van der Waals surface area contributed by atoms with E-state index in [1.807, 2.05) is 24.9 Å². The number of amides is 2. The Balaban J connectivity index is 1.72. The Morgan fingerprint density at radius 2 is 2.13 bits per heavy atom. The smallest absolute Gasteiger partial charge is 0.243 e. The van der Waals surface area contributed by atoms with Crippen molar-refractivity contribution in [1.82, 2.24) is 20.0 Å². The molecule has 1 N–H and O–H groups in total. The maximum absolute atomic E-state index is 12.8. The van der Waals surface area contributed by atoms with Crippen molar-refractivity contribution in [2.24, 2.45) is 7.05 Å². The van der Waals surface area contributed by atoms with Crippen LogP contribution in [0.5, 0.6) is 0 Å². The number of hydrogen-bond acceptors (Lipinski definition) is 3. The summed E-state index contributed by atoms with van der Waals surface area (Å²) in [6.07, 6.45) is 8.11. The molecule has 126 valence electrons. The zero-order valence-corrected chi connectivity index (χ0v) is 14.0. The molecule has 0 radical (unpaired) electrons. The summed E-state index contributed by atoms with van der Waals surface area (Å²) in [5.41, 5.74) is 2.35. The molecule has 1 aliphatic heterocycles. The van der Waals surface area contributed by atoms with Crippen LogP contribution in [0.15, 0.2) is 6.20 Å². The number of hydrogen-bond donors (Lipinski definition) is 1. The van der Waals surface area contributed by atoms with Gasteiger partial charge in [0.05, 0.1) is 12.2 Å². The lowest BCUT2D eigenvalue weighted by molar-refractivity contribution is -0.142. The minimum absolute atomic E-state index is 0.00629. The second kappa shape index (κ2) is 6.72. The molecular formula is C17H26N4O2. The van der Waals surface area contributed by atoms with Crippen molar-refractivity contribution in [2.75, 3.05) is 6.54 Å². The van der Waals surface area contributed by atoms with Crippen LogP contribution < -0.4 is 5.32 Å². The molecule has 2 amide bonds. The molecule has 0 spiro atoms. The minimum Gasteiger partial charge on any atom is -0.347 e. The van der Waals surface area contributed by atoms with Crippen LogP contribution in [0.2, 0.25) is 0 Å². The fourth-order valence-corrected chi connectivity index (χ4v) is 3.83. The quantitative estimate of drug-likeness (QED) is 0.922. The molecule has 2 unspecified atom stereocenters. The van der Waals surface area contributed by atoms with E-state index in [4.69, 9.17) is 0 Å². The van der Waals surface area contributed by atoms with Gasteiger partial charge in [-0.05, 0) is 38.5 Å². The van der Waals surface area contributed by atoms with Gasteiger partial charge in [-0.3, -0.25) is 14.3 Å². The van der Waals surface area contributed by atoms with Gasteiger partial charge in [0, 0.05) is 31.3 Å². The van der Waals surface area contributed by atoms with Gasteiger partial charge in [-0.1, -0.05) is 6.92 Å². The standard InChI is InChI=1S/C17H26N4O2/c1-3-16(22)21-10-5-4-8-15(21)17(23)19-13-7-6-9-14-12(13)11-18-20(14)2/h11,13,15H,3-10H2,1-2H3,(H,19,23). The van der Waals surface area contributed by atoms with Crippen LogP contribution >= 0.6 is 0 Å². The molecule has 6 heteroatoms. The lowest BCUT2D eigenvalue weighted by Gasteiger charge is -2.36. The summed E-state index contributed by atoms with van der Waals surface area (Å²) >= 11 is 0. The topological polar surface area (TPSA) is 67.2 Å². The molecule has 1 aliphatic carbocycles. The molecule has 2 aliphatic rings. The molecule has 0 saturated carbocycles. The Morgan fingerprint density at radius 3 is 2.91 bits per heavy atom. The minimum atomic E-state index is -0.307. The fourth-order valence-electron chi connectivity index (χ4n) is 3.83. The van der Waals surface area contributed by atoms with Crippen molar-refractivity contribution in [3.63, 3.8) is 0 Å². The summed E-state index contributed by atoms with van der Waals surface area (Å²) in [5, 5.41) is 7.51. The van der Waals surface area contributed by atoms with Gasteiger partial charge in [0.1, 0.15) is 6.04 Å². The van der Waals surface area contributed by atoms with E-state index in [-0.39, 0.29) is 23.9 Å². The van der Waals surface area contributed by atoms with Gasteiger partial charge in [-0.25, -0.2) is 0 Å². The number of likely N-dealkylation sites (tertiary alicyclic amines) is 1. The van der Waals surface area contributed by atoms with Crippen LogP contribution in [0, 0.1) is 0 Å². The zero-order valence-electron chi connectivity index (χ0n) is 14.0. The average Bonchev–Trinajstić information content (AvgIpc) is 2.96. The van der Waals surface area contributed by atoms with Crippen LogP contribution in [-0.4, -0.2) is 39.1 Å². The number of fused-ring (bicyclic) bond motifs is 1. The summed E-state index contributed by atoms with van der Waals surface area (Å²) in [4.78, 5) is 26.7. The highest BCUT2D eigenvalue weighted by atomic mass is 16.2. The molecule has 0 aromatic carbocycles. The normalized spacial score (nSPS) is 24.2. The number of carbonyl (C=O) groups excluding carboxylic acids is 2. The SMILES string of the molecule is CCC(=O)N1CCCCC1C(=O)NC1CCCc2c1cnn2C. The summed E-state index contributed by atoms with van der Waals surface area (Å²) in [6.45, 7) is 2.56. The van der Waals surface area contributed by atoms with Gasteiger partial charge in [0.25, 0.3) is 0 Å². The van der Waals surface area contributed by atoms with Crippen molar-refractivity contribution >= 4 is 11.8 Å². The largest absolute Gasteiger partial charge is 0.347 e. The first kappa shape index (κ1) is 16.0. The molecule has 0 bridgehead atoms. The van der Waals surface area contributed by atoms with Gasteiger partial charge in [-0.15, -0.1) is 0 Å². The number of aromatic nitrogens is 2. The van der Waals surface area contributed by atoms with Crippen molar-refractivity contribution < 1.29 is 9.59 Å². The highest BCUT2D eigenvalue weighted by Gasteiger charge is 2.33. The Bertz CT molecular complexity index is 595. The average molecular weight is 318 g/mol. The van der Waals surface area contributed by atoms with E-state index in [2.05, 4.69) is 10.4 Å². The maximum atomic E-state index is 12.8. The highest BCUT2D eigenvalue weighted by molar-refractivity contribution is 5.88. The number of aryl methyl sites for hydroxylation is 1. The third-order valence-corrected chi connectivity index (χ3v) is 5.12. The van der Waals surface area contributed by atoms with Crippen molar-refractivity contribution in [3.05, 3.63) is 17.5 Å². The second-order valence-electron chi connectivity index (χ2n) is 6.58. The predicted octanol–water partition coefficient (Wildman–Crippen LogP) is 1.70. The molecular weight excluding hydrogens is 292 g/mol. The van der Waals surface area contributed by atoms with Crippen molar-refractivity contribution in [1.29, 1.82) is 0 Å². The second-order valence-corrected chi connectivity index (χ2v) is 6.58. The monoisotopic (exact) mass is 318 g/mol. The molecule has 6 nitrogen and oxygen atoms in total. The van der Waals surface area contributed by atoms with Gasteiger partial charge in [0.2, 0.25) is 11.8 Å². The Hall–Kier alpha value is -1.85. The number of nitrogens with zero attached hydrogens (tertiary/aromatic N) is 3. The van der Waals surface area contributed by atoms with Crippen molar-refractivity contribution in [3.8, 4) is 0 Å². The van der Waals surface area contributed by atoms with Crippen LogP contribution in [0.1, 0.15) is 62.7 Å². The molecule has 1 saturated heterocycles. The maximum Gasteiger partial charge on any atom is 0.243 e. The molecule has 3 rings (SSSR count). The van der Waals surface area contributed by atoms with Gasteiger partial charge in [-0.2, -0.15) is 5.10 Å². The summed E-state index contributed by atoms with van der Waals surface area (Å²) in [7, 11) is 1.95. The fraction of sp³-hybridized carbons (Fsp3) is 0.706. The van der Waals surface area contributed by atoms with Crippen LogP contribution in [0.3, 0.4) is 0 Å². The molecule has 2 atom stereocenters. The Morgan fingerprint density at radius 1 is 1.30 bits per heavy atom. The van der Waals surface area contributed by atoms with Crippen molar-refractivity contribution in [2.45, 2.75) is 64.0 Å². The van der Waals surface area contributed by atoms with Crippen LogP contribution in [0.25, 0.3) is 0 Å². The van der Waals surface area contributed by atoms with E-state index >= 15 is 0 Å². The molecule has 1 fully saturated rings. The Labute approximate surface area is 137 Å². The summed E-state index contributed by atoms with van der Waals surface area (Å²) < 4.78 is 1.90. The van der Waals surface area contributed by atoms with Gasteiger partial charge >= 0.3 is 0 Å². The third-order valence-electron chi connectivity index (χ3n) is 5.12. The Kier molecular flexibility index (Phi) is 4.68. The molecule has 1 aromatic rings. The number of piperidine rings is 1. The summed E-state index contributed by atoms with van der Waals surface area (Å²) in [6, 6.07) is -0.279. The van der Waals surface area contributed by atoms with Gasteiger partial charge < -0.3 is 10.2 Å². The van der Waals surface area contributed by atoms with E-state index in [1.165, 1.54) is 5.69 Å². The number of carbonyl (C=O) groups is 2. The van der Waals surface area contributed by atoms with E-state index < -0.39 is 0 Å². The van der Waals surface area contributed by atoms with Gasteiger partial charge in [0.15, 0.2) is 0 Å². The van der Waals surface area contributed by atoms with E-state index in [9.17, 15) is 9.59 Å². The summed E-state index contributed by atoms with van der Waals surface area (Å²) in [5.74, 6) is 0.0729. The van der Waals surface area contributed by atoms with Crippen LogP contribution in [0.4, 0.5) is 0 Å². The number of rotatable bonds is 3. The first-order valence-electron chi connectivity index (χ1n) is 8.72. The third kappa shape index (κ3) is 3.12. The molecule has 23 heavy (non-hydrogen) atoms. The first-order chi connectivity index (χ1) is 11.1. The first-order valence-corrected chi connectivity index (χ1v) is 8.72. The zero-order chi connectivity index (χ0) is 16.4. The lowest BCUT2D eigenvalue weighted by atomic mass is 9.92. The molecule has 2 heterocycles. The number of nitrogens with one attached hydrogen (secondary N) is 1. The van der Waals surface area contributed by atoms with Crippen LogP contribution in [-0.2, 0) is 23.1 Å². The predicted molar refractivity (Wildman–Crippen MR) is 86.7 cm³/mol. The molecule has 1 aromatic heterocycles.